The zero-order chi connectivity index (χ0) is 21.3. The number of para-hydroxylation sites is 1. The van der Waals surface area contributed by atoms with E-state index >= 15 is 0 Å². The van der Waals surface area contributed by atoms with Gasteiger partial charge in [0.25, 0.3) is 5.91 Å². The van der Waals surface area contributed by atoms with Crippen LogP contribution in [0.3, 0.4) is 0 Å². The molecule has 4 aromatic rings. The predicted octanol–water partition coefficient (Wildman–Crippen LogP) is 4.15. The number of aryl methyl sites for hydroxylation is 2. The Morgan fingerprint density at radius 3 is 2.27 bits per heavy atom. The molecule has 30 heavy (non-hydrogen) atoms. The molecule has 0 fully saturated rings. The van der Waals surface area contributed by atoms with Gasteiger partial charge in [-0.2, -0.15) is 5.10 Å². The first kappa shape index (κ1) is 19.3. The SMILES string of the molecule is CC(=O)Nc1ccc(NC(=O)c2cc(-c3cn(C)nc3C)nc3ccccc23)cc1. The normalized spacial score (nSPS) is 10.8. The molecule has 0 bridgehead atoms. The summed E-state index contributed by atoms with van der Waals surface area (Å²) in [5.74, 6) is -0.378. The summed E-state index contributed by atoms with van der Waals surface area (Å²) < 4.78 is 1.73. The molecule has 4 rings (SSSR count). The highest BCUT2D eigenvalue weighted by Crippen LogP contribution is 2.27. The average molecular weight is 399 g/mol. The van der Waals surface area contributed by atoms with Crippen LogP contribution in [0.1, 0.15) is 23.0 Å². The van der Waals surface area contributed by atoms with Crippen LogP contribution in [0, 0.1) is 6.92 Å². The second-order valence-electron chi connectivity index (χ2n) is 7.09. The lowest BCUT2D eigenvalue weighted by Gasteiger charge is -2.11. The lowest BCUT2D eigenvalue weighted by atomic mass is 10.0. The molecule has 0 saturated carbocycles. The number of rotatable bonds is 4. The number of carbonyl (C=O) groups is 2. The third-order valence-corrected chi connectivity index (χ3v) is 4.71. The highest BCUT2D eigenvalue weighted by atomic mass is 16.2. The van der Waals surface area contributed by atoms with Crippen molar-refractivity contribution in [3.63, 3.8) is 0 Å². The number of carbonyl (C=O) groups excluding carboxylic acids is 2. The zero-order valence-electron chi connectivity index (χ0n) is 16.9. The zero-order valence-corrected chi connectivity index (χ0v) is 16.9. The molecule has 0 saturated heterocycles. The number of nitrogens with one attached hydrogen (secondary N) is 2. The topological polar surface area (TPSA) is 88.9 Å². The standard InChI is InChI=1S/C23H21N5O2/c1-14-20(13-28(3)27-14)22-12-19(18-6-4-5-7-21(18)26-22)23(30)25-17-10-8-16(9-11-17)24-15(2)29/h4-13H,1-3H3,(H,24,29)(H,25,30). The van der Waals surface area contributed by atoms with E-state index in [9.17, 15) is 9.59 Å². The van der Waals surface area contributed by atoms with Crippen LogP contribution >= 0.6 is 0 Å². The summed E-state index contributed by atoms with van der Waals surface area (Å²) in [7, 11) is 1.86. The number of hydrogen-bond donors (Lipinski definition) is 2. The largest absolute Gasteiger partial charge is 0.326 e. The van der Waals surface area contributed by atoms with Gasteiger partial charge in [-0.25, -0.2) is 4.98 Å². The van der Waals surface area contributed by atoms with Gasteiger partial charge in [-0.15, -0.1) is 0 Å². The van der Waals surface area contributed by atoms with Crippen molar-refractivity contribution < 1.29 is 9.59 Å². The smallest absolute Gasteiger partial charge is 0.256 e. The number of hydrogen-bond acceptors (Lipinski definition) is 4. The van der Waals surface area contributed by atoms with Gasteiger partial charge in [-0.1, -0.05) is 18.2 Å². The molecule has 2 amide bonds. The molecule has 2 N–H and O–H groups in total. The van der Waals surface area contributed by atoms with Crippen LogP contribution < -0.4 is 10.6 Å². The molecule has 0 aliphatic rings. The molecule has 7 heteroatoms. The van der Waals surface area contributed by atoms with Gasteiger partial charge in [0, 0.05) is 42.5 Å². The monoisotopic (exact) mass is 399 g/mol. The van der Waals surface area contributed by atoms with Gasteiger partial charge in [-0.05, 0) is 43.3 Å². The number of nitrogens with zero attached hydrogens (tertiary/aromatic N) is 3. The molecule has 0 unspecified atom stereocenters. The van der Waals surface area contributed by atoms with Gasteiger partial charge in [0.1, 0.15) is 0 Å². The fourth-order valence-corrected chi connectivity index (χ4v) is 3.39. The molecule has 0 spiro atoms. The average Bonchev–Trinajstić information content (AvgIpc) is 3.06. The second-order valence-corrected chi connectivity index (χ2v) is 7.09. The van der Waals surface area contributed by atoms with E-state index < -0.39 is 0 Å². The molecule has 7 nitrogen and oxygen atoms in total. The molecule has 150 valence electrons. The summed E-state index contributed by atoms with van der Waals surface area (Å²) in [6, 6.07) is 16.3. The Labute approximate surface area is 173 Å². The second kappa shape index (κ2) is 7.79. The van der Waals surface area contributed by atoms with Crippen molar-refractivity contribution in [1.29, 1.82) is 0 Å². The van der Waals surface area contributed by atoms with Gasteiger partial charge in [0.2, 0.25) is 5.91 Å². The molecule has 2 aromatic carbocycles. The Hall–Kier alpha value is -4.00. The molecular formula is C23H21N5O2. The maximum Gasteiger partial charge on any atom is 0.256 e. The molecule has 0 aliphatic heterocycles. The molecule has 0 atom stereocenters. The van der Waals surface area contributed by atoms with Crippen LogP contribution in [0.4, 0.5) is 11.4 Å². The van der Waals surface area contributed by atoms with Crippen LogP contribution in [0.25, 0.3) is 22.2 Å². The first-order valence-electron chi connectivity index (χ1n) is 9.50. The van der Waals surface area contributed by atoms with Crippen molar-refractivity contribution in [2.75, 3.05) is 10.6 Å². The lowest BCUT2D eigenvalue weighted by molar-refractivity contribution is -0.114. The Morgan fingerprint density at radius 1 is 0.967 bits per heavy atom. The van der Waals surface area contributed by atoms with Crippen LogP contribution in [0.5, 0.6) is 0 Å². The van der Waals surface area contributed by atoms with Crippen molar-refractivity contribution in [2.45, 2.75) is 13.8 Å². The molecular weight excluding hydrogens is 378 g/mol. The molecule has 0 radical (unpaired) electrons. The van der Waals surface area contributed by atoms with Crippen LogP contribution in [-0.4, -0.2) is 26.6 Å². The van der Waals surface area contributed by atoms with E-state index in [0.29, 0.717) is 22.6 Å². The van der Waals surface area contributed by atoms with Gasteiger partial charge in [0.15, 0.2) is 0 Å². The minimum Gasteiger partial charge on any atom is -0.326 e. The van der Waals surface area contributed by atoms with E-state index in [4.69, 9.17) is 4.98 Å². The van der Waals surface area contributed by atoms with E-state index in [-0.39, 0.29) is 11.8 Å². The Morgan fingerprint density at radius 2 is 1.63 bits per heavy atom. The van der Waals surface area contributed by atoms with Crippen molar-refractivity contribution in [2.24, 2.45) is 7.05 Å². The number of anilines is 2. The van der Waals surface area contributed by atoms with Crippen LogP contribution in [-0.2, 0) is 11.8 Å². The fourth-order valence-electron chi connectivity index (χ4n) is 3.39. The third-order valence-electron chi connectivity index (χ3n) is 4.71. The minimum absolute atomic E-state index is 0.145. The summed E-state index contributed by atoms with van der Waals surface area (Å²) >= 11 is 0. The van der Waals surface area contributed by atoms with Gasteiger partial charge in [0.05, 0.1) is 22.5 Å². The van der Waals surface area contributed by atoms with E-state index in [1.807, 2.05) is 44.4 Å². The summed E-state index contributed by atoms with van der Waals surface area (Å²) in [6.07, 6.45) is 1.90. The maximum absolute atomic E-state index is 13.1. The molecule has 2 heterocycles. The molecule has 0 aliphatic carbocycles. The Bertz CT molecular complexity index is 1260. The van der Waals surface area contributed by atoms with Crippen molar-refractivity contribution in [3.05, 3.63) is 72.1 Å². The van der Waals surface area contributed by atoms with E-state index in [1.165, 1.54) is 6.92 Å². The van der Waals surface area contributed by atoms with Crippen molar-refractivity contribution in [3.8, 4) is 11.3 Å². The third kappa shape index (κ3) is 3.91. The predicted molar refractivity (Wildman–Crippen MR) is 117 cm³/mol. The summed E-state index contributed by atoms with van der Waals surface area (Å²) in [6.45, 7) is 3.37. The van der Waals surface area contributed by atoms with E-state index in [2.05, 4.69) is 15.7 Å². The first-order valence-corrected chi connectivity index (χ1v) is 9.50. The highest BCUT2D eigenvalue weighted by Gasteiger charge is 2.16. The fraction of sp³-hybridized carbons (Fsp3) is 0.130. The first-order chi connectivity index (χ1) is 14.4. The molecule has 2 aromatic heterocycles. The van der Waals surface area contributed by atoms with Gasteiger partial charge >= 0.3 is 0 Å². The van der Waals surface area contributed by atoms with E-state index in [0.717, 1.165) is 22.2 Å². The summed E-state index contributed by atoms with van der Waals surface area (Å²) in [5.41, 5.74) is 5.01. The van der Waals surface area contributed by atoms with Crippen molar-refractivity contribution >= 4 is 34.1 Å². The maximum atomic E-state index is 13.1. The number of pyridine rings is 1. The van der Waals surface area contributed by atoms with E-state index in [1.54, 1.807) is 35.0 Å². The Balaban J connectivity index is 1.71. The number of aromatic nitrogens is 3. The van der Waals surface area contributed by atoms with Crippen LogP contribution in [0.15, 0.2) is 60.8 Å². The van der Waals surface area contributed by atoms with Gasteiger partial charge < -0.3 is 10.6 Å². The van der Waals surface area contributed by atoms with Crippen molar-refractivity contribution in [1.82, 2.24) is 14.8 Å². The number of amides is 2. The summed E-state index contributed by atoms with van der Waals surface area (Å²) in [4.78, 5) is 29.0. The van der Waals surface area contributed by atoms with Crippen LogP contribution in [0.2, 0.25) is 0 Å². The summed E-state index contributed by atoms with van der Waals surface area (Å²) in [5, 5.41) is 10.8. The number of fused-ring (bicyclic) bond motifs is 1. The quantitative estimate of drug-likeness (QED) is 0.539. The minimum atomic E-state index is -0.233. The lowest BCUT2D eigenvalue weighted by Crippen LogP contribution is -2.13. The highest BCUT2D eigenvalue weighted by molar-refractivity contribution is 6.13. The number of benzene rings is 2. The van der Waals surface area contributed by atoms with Gasteiger partial charge in [-0.3, -0.25) is 14.3 Å². The Kier molecular flexibility index (Phi) is 5.02.